The Morgan fingerprint density at radius 3 is 2.29 bits per heavy atom. The lowest BCUT2D eigenvalue weighted by Gasteiger charge is -2.56. The summed E-state index contributed by atoms with van der Waals surface area (Å²) < 4.78 is 17.4. The number of aromatic nitrogens is 3. The monoisotopic (exact) mass is 617 g/mol. The highest BCUT2D eigenvalue weighted by Crippen LogP contribution is 2.51. The van der Waals surface area contributed by atoms with E-state index in [1.165, 1.54) is 6.42 Å². The topological polar surface area (TPSA) is 131 Å². The van der Waals surface area contributed by atoms with E-state index in [4.69, 9.17) is 19.0 Å². The molecule has 3 aliphatic rings. The highest BCUT2D eigenvalue weighted by atomic mass is 16.6. The molecule has 45 heavy (non-hydrogen) atoms. The second-order valence-corrected chi connectivity index (χ2v) is 14.0. The molecule has 2 amide bonds. The molecule has 1 atom stereocenters. The van der Waals surface area contributed by atoms with Gasteiger partial charge < -0.3 is 28.9 Å². The first-order valence-corrected chi connectivity index (χ1v) is 15.9. The number of carbonyl (C=O) groups excluding carboxylic acids is 2. The van der Waals surface area contributed by atoms with E-state index in [0.717, 1.165) is 31.4 Å². The Morgan fingerprint density at radius 1 is 1.00 bits per heavy atom. The molecule has 2 aliphatic heterocycles. The molecule has 11 nitrogen and oxygen atoms in total. The number of piperidine rings is 1. The van der Waals surface area contributed by atoms with Gasteiger partial charge in [0, 0.05) is 68.0 Å². The molecular weight excluding hydrogens is 574 g/mol. The van der Waals surface area contributed by atoms with E-state index in [1.54, 1.807) is 24.2 Å². The fraction of sp³-hybridized carbons (Fsp3) is 0.559. The van der Waals surface area contributed by atoms with Crippen LogP contribution in [0.1, 0.15) is 89.7 Å². The molecule has 2 saturated heterocycles. The van der Waals surface area contributed by atoms with Crippen molar-refractivity contribution in [3.8, 4) is 17.1 Å². The average Bonchev–Trinajstić information content (AvgIpc) is 3.47. The van der Waals surface area contributed by atoms with E-state index >= 15 is 0 Å². The number of likely N-dealkylation sites (tertiary alicyclic amines) is 2. The number of carbonyl (C=O) groups is 2. The minimum absolute atomic E-state index is 0.0725. The third-order valence-corrected chi connectivity index (χ3v) is 9.38. The minimum Gasteiger partial charge on any atom is -0.490 e. The highest BCUT2D eigenvalue weighted by molar-refractivity contribution is 5.73. The Morgan fingerprint density at radius 2 is 1.69 bits per heavy atom. The number of benzene rings is 1. The predicted molar refractivity (Wildman–Crippen MR) is 165 cm³/mol. The minimum atomic E-state index is -1.52. The van der Waals surface area contributed by atoms with Gasteiger partial charge in [-0.1, -0.05) is 24.2 Å². The largest absolute Gasteiger partial charge is 0.490 e. The molecule has 1 unspecified atom stereocenters. The molecule has 0 radical (unpaired) electrons. The van der Waals surface area contributed by atoms with Crippen LogP contribution in [0.2, 0.25) is 0 Å². The van der Waals surface area contributed by atoms with Gasteiger partial charge in [0.25, 0.3) is 0 Å². The maximum absolute atomic E-state index is 12.9. The fourth-order valence-electron chi connectivity index (χ4n) is 6.52. The first kappa shape index (κ1) is 31.0. The van der Waals surface area contributed by atoms with E-state index in [-0.39, 0.29) is 31.0 Å². The molecule has 2 aromatic heterocycles. The summed E-state index contributed by atoms with van der Waals surface area (Å²) in [5.41, 5.74) is -1.07. The molecule has 3 aromatic rings. The van der Waals surface area contributed by atoms with Crippen LogP contribution in [0.25, 0.3) is 11.4 Å². The molecule has 3 fully saturated rings. The lowest BCUT2D eigenvalue weighted by atomic mass is 9.62. The van der Waals surface area contributed by atoms with Gasteiger partial charge in [-0.05, 0) is 76.6 Å². The van der Waals surface area contributed by atoms with Crippen molar-refractivity contribution in [2.75, 3.05) is 26.2 Å². The zero-order valence-corrected chi connectivity index (χ0v) is 26.8. The second-order valence-electron chi connectivity index (χ2n) is 14.0. The number of aliphatic hydroxyl groups is 1. The SMILES string of the molecule is CC(=O)N1CCC(c2nc(-c3cncc(C(O)(c4ccc(OC5CCC5)cc4)C4(C)CN(C(=O)OC(C)(C)C)C4)c3)no2)CC1. The van der Waals surface area contributed by atoms with Gasteiger partial charge in [0.2, 0.25) is 17.6 Å². The number of hydrogen-bond acceptors (Lipinski definition) is 9. The molecule has 6 rings (SSSR count). The van der Waals surface area contributed by atoms with Crippen LogP contribution in [0, 0.1) is 5.41 Å². The molecule has 1 aromatic carbocycles. The molecule has 1 saturated carbocycles. The molecule has 4 heterocycles. The number of amides is 2. The van der Waals surface area contributed by atoms with Gasteiger partial charge in [-0.15, -0.1) is 0 Å². The Bertz CT molecular complexity index is 1530. The molecule has 0 spiro atoms. The molecule has 0 bridgehead atoms. The van der Waals surface area contributed by atoms with Gasteiger partial charge in [0.1, 0.15) is 17.0 Å². The maximum Gasteiger partial charge on any atom is 0.410 e. The van der Waals surface area contributed by atoms with Gasteiger partial charge in [-0.2, -0.15) is 4.98 Å². The van der Waals surface area contributed by atoms with Gasteiger partial charge in [0.15, 0.2) is 0 Å². The van der Waals surface area contributed by atoms with Crippen LogP contribution in [-0.2, 0) is 15.1 Å². The quantitative estimate of drug-likeness (QED) is 0.376. The molecule has 240 valence electrons. The summed E-state index contributed by atoms with van der Waals surface area (Å²) in [6.45, 7) is 11.0. The molecule has 1 aliphatic carbocycles. The number of nitrogens with zero attached hydrogens (tertiary/aromatic N) is 5. The van der Waals surface area contributed by atoms with Crippen LogP contribution in [-0.4, -0.2) is 79.9 Å². The van der Waals surface area contributed by atoms with Crippen LogP contribution < -0.4 is 4.74 Å². The molecular formula is C34H43N5O6. The van der Waals surface area contributed by atoms with Crippen molar-refractivity contribution in [1.29, 1.82) is 0 Å². The zero-order valence-electron chi connectivity index (χ0n) is 26.8. The Labute approximate surface area is 263 Å². The van der Waals surface area contributed by atoms with E-state index in [1.807, 2.05) is 62.9 Å². The van der Waals surface area contributed by atoms with Crippen LogP contribution in [0.5, 0.6) is 5.75 Å². The number of pyridine rings is 1. The Kier molecular flexibility index (Phi) is 8.09. The van der Waals surface area contributed by atoms with Crippen molar-refractivity contribution >= 4 is 12.0 Å². The van der Waals surface area contributed by atoms with Crippen molar-refractivity contribution in [2.45, 2.75) is 89.9 Å². The van der Waals surface area contributed by atoms with Crippen LogP contribution in [0.3, 0.4) is 0 Å². The van der Waals surface area contributed by atoms with E-state index in [2.05, 4.69) is 10.1 Å². The lowest BCUT2D eigenvalue weighted by Crippen LogP contribution is -2.66. The lowest BCUT2D eigenvalue weighted by molar-refractivity contribution is -0.131. The summed E-state index contributed by atoms with van der Waals surface area (Å²) in [6, 6.07) is 9.42. The van der Waals surface area contributed by atoms with Gasteiger partial charge >= 0.3 is 6.09 Å². The van der Waals surface area contributed by atoms with Crippen LogP contribution in [0.4, 0.5) is 4.79 Å². The summed E-state index contributed by atoms with van der Waals surface area (Å²) in [6.07, 6.45) is 7.94. The summed E-state index contributed by atoms with van der Waals surface area (Å²) in [4.78, 5) is 37.3. The van der Waals surface area contributed by atoms with Crippen molar-refractivity contribution in [1.82, 2.24) is 24.9 Å². The smallest absolute Gasteiger partial charge is 0.410 e. The fourth-order valence-corrected chi connectivity index (χ4v) is 6.52. The standard InChI is InChI=1S/C34H43N5O6/c1-22(40)38-15-13-23(14-16-38)30-36-29(37-45-30)24-17-26(19-35-18-24)34(42,25-9-11-28(12-10-25)43-27-7-6-8-27)33(5)20-39(21-33)31(41)44-32(2,3)4/h9-12,17-19,23,27,42H,6-8,13-16,20-21H2,1-5H3. The van der Waals surface area contributed by atoms with E-state index in [9.17, 15) is 14.7 Å². The van der Waals surface area contributed by atoms with Crippen molar-refractivity contribution in [3.63, 3.8) is 0 Å². The van der Waals surface area contributed by atoms with Crippen molar-refractivity contribution in [2.24, 2.45) is 5.41 Å². The number of rotatable bonds is 7. The Balaban J connectivity index is 1.29. The van der Waals surface area contributed by atoms with E-state index < -0.39 is 22.7 Å². The normalized spacial score (nSPS) is 20.1. The summed E-state index contributed by atoms with van der Waals surface area (Å²) in [5, 5.41) is 17.0. The highest BCUT2D eigenvalue weighted by Gasteiger charge is 2.58. The predicted octanol–water partition coefficient (Wildman–Crippen LogP) is 5.28. The van der Waals surface area contributed by atoms with Crippen LogP contribution in [0.15, 0.2) is 47.2 Å². The van der Waals surface area contributed by atoms with Crippen molar-refractivity contribution < 1.29 is 28.7 Å². The average molecular weight is 618 g/mol. The molecule has 11 heteroatoms. The van der Waals surface area contributed by atoms with Crippen LogP contribution >= 0.6 is 0 Å². The van der Waals surface area contributed by atoms with Gasteiger partial charge in [-0.3, -0.25) is 9.78 Å². The van der Waals surface area contributed by atoms with Gasteiger partial charge in [0.05, 0.1) is 6.10 Å². The first-order chi connectivity index (χ1) is 21.3. The Hall–Kier alpha value is -3.99. The number of hydrogen-bond donors (Lipinski definition) is 1. The van der Waals surface area contributed by atoms with Gasteiger partial charge in [-0.25, -0.2) is 4.79 Å². The zero-order chi connectivity index (χ0) is 32.0. The summed E-state index contributed by atoms with van der Waals surface area (Å²) in [7, 11) is 0. The van der Waals surface area contributed by atoms with E-state index in [0.29, 0.717) is 41.5 Å². The summed E-state index contributed by atoms with van der Waals surface area (Å²) >= 11 is 0. The van der Waals surface area contributed by atoms with Crippen molar-refractivity contribution in [3.05, 3.63) is 59.7 Å². The second kappa shape index (κ2) is 11.7. The maximum atomic E-state index is 12.9. The third kappa shape index (κ3) is 6.14. The first-order valence-electron chi connectivity index (χ1n) is 15.9. The molecule has 1 N–H and O–H groups in total. The third-order valence-electron chi connectivity index (χ3n) is 9.38. The number of ether oxygens (including phenoxy) is 2. The summed E-state index contributed by atoms with van der Waals surface area (Å²) in [5.74, 6) is 1.83.